The van der Waals surface area contributed by atoms with Gasteiger partial charge in [-0.15, -0.1) is 0 Å². The van der Waals surface area contributed by atoms with Gasteiger partial charge in [0.15, 0.2) is 0 Å². The van der Waals surface area contributed by atoms with Crippen LogP contribution in [0.3, 0.4) is 0 Å². The fourth-order valence-electron chi connectivity index (χ4n) is 2.58. The Kier molecular flexibility index (Phi) is 5.50. The molecule has 3 aromatic rings. The first-order chi connectivity index (χ1) is 13.2. The molecular formula is C18H15ClFN3O4S. The zero-order chi connectivity index (χ0) is 20.5. The van der Waals surface area contributed by atoms with Gasteiger partial charge in [0.1, 0.15) is 11.4 Å². The molecule has 0 bridgehead atoms. The second-order valence-electron chi connectivity index (χ2n) is 5.88. The number of pyridine rings is 1. The van der Waals surface area contributed by atoms with E-state index in [4.69, 9.17) is 11.6 Å². The van der Waals surface area contributed by atoms with E-state index in [9.17, 15) is 22.4 Å². The molecule has 1 heterocycles. The van der Waals surface area contributed by atoms with Crippen molar-refractivity contribution in [3.8, 4) is 0 Å². The topological polar surface area (TPSA) is 108 Å². The van der Waals surface area contributed by atoms with Crippen molar-refractivity contribution in [2.75, 3.05) is 7.05 Å². The van der Waals surface area contributed by atoms with Crippen molar-refractivity contribution in [3.05, 3.63) is 74.8 Å². The normalized spacial score (nSPS) is 11.5. The largest absolute Gasteiger partial charge is 0.358 e. The third-order valence-corrected chi connectivity index (χ3v) is 5.75. The number of aromatic nitrogens is 1. The van der Waals surface area contributed by atoms with E-state index in [0.29, 0.717) is 5.02 Å². The van der Waals surface area contributed by atoms with Crippen LogP contribution in [0.15, 0.2) is 52.3 Å². The summed E-state index contributed by atoms with van der Waals surface area (Å²) in [5.74, 6) is -1.60. The van der Waals surface area contributed by atoms with Crippen LogP contribution in [0, 0.1) is 5.82 Å². The summed E-state index contributed by atoms with van der Waals surface area (Å²) in [6, 6.07) is 8.59. The summed E-state index contributed by atoms with van der Waals surface area (Å²) in [4.78, 5) is 27.2. The Morgan fingerprint density at radius 2 is 1.89 bits per heavy atom. The molecule has 0 fully saturated rings. The number of carbonyl (C=O) groups is 1. The van der Waals surface area contributed by atoms with Gasteiger partial charge in [-0.2, -0.15) is 0 Å². The standard InChI is InChI=1S/C18H15ClFN3O4S/c1-21-28(26,27)12-6-13-16(15(20)7-12)22-9-14(17(13)24)18(25)23-8-10-2-4-11(19)5-3-10/h2-7,9,21H,8H2,1H3,(H,22,24)(H,23,25). The van der Waals surface area contributed by atoms with Crippen LogP contribution in [0.2, 0.25) is 5.02 Å². The van der Waals surface area contributed by atoms with Crippen LogP contribution in [0.5, 0.6) is 0 Å². The van der Waals surface area contributed by atoms with E-state index in [1.807, 2.05) is 0 Å². The molecule has 1 aromatic heterocycles. The van der Waals surface area contributed by atoms with E-state index in [0.717, 1.165) is 23.9 Å². The number of nitrogens with one attached hydrogen (secondary N) is 3. The smallest absolute Gasteiger partial charge is 0.257 e. The lowest BCUT2D eigenvalue weighted by Gasteiger charge is -2.08. The number of fused-ring (bicyclic) bond motifs is 1. The van der Waals surface area contributed by atoms with Crippen LogP contribution in [0.1, 0.15) is 15.9 Å². The van der Waals surface area contributed by atoms with E-state index >= 15 is 0 Å². The second kappa shape index (κ2) is 7.70. The minimum absolute atomic E-state index is 0.149. The molecule has 0 atom stereocenters. The maximum absolute atomic E-state index is 14.3. The minimum Gasteiger partial charge on any atom is -0.358 e. The SMILES string of the molecule is CNS(=O)(=O)c1cc(F)c2[nH]cc(C(=O)NCc3ccc(Cl)cc3)c(=O)c2c1. The summed E-state index contributed by atoms with van der Waals surface area (Å²) in [6.45, 7) is 0.149. The number of halogens is 2. The highest BCUT2D eigenvalue weighted by Crippen LogP contribution is 2.19. The number of H-pyrrole nitrogens is 1. The second-order valence-corrected chi connectivity index (χ2v) is 8.20. The van der Waals surface area contributed by atoms with Gasteiger partial charge in [0, 0.05) is 17.8 Å². The lowest BCUT2D eigenvalue weighted by molar-refractivity contribution is 0.0949. The van der Waals surface area contributed by atoms with Crippen molar-refractivity contribution >= 4 is 38.4 Å². The summed E-state index contributed by atoms with van der Waals surface area (Å²) < 4.78 is 40.2. The van der Waals surface area contributed by atoms with Crippen LogP contribution >= 0.6 is 11.6 Å². The molecule has 10 heteroatoms. The monoisotopic (exact) mass is 423 g/mol. The summed E-state index contributed by atoms with van der Waals surface area (Å²) in [5.41, 5.74) is -0.466. The first-order valence-electron chi connectivity index (χ1n) is 8.04. The van der Waals surface area contributed by atoms with Gasteiger partial charge in [0.2, 0.25) is 15.5 Å². The lowest BCUT2D eigenvalue weighted by atomic mass is 10.1. The van der Waals surface area contributed by atoms with Crippen LogP contribution < -0.4 is 15.5 Å². The average molecular weight is 424 g/mol. The molecule has 0 unspecified atom stereocenters. The molecule has 0 aliphatic heterocycles. The van der Waals surface area contributed by atoms with Crippen molar-refractivity contribution in [1.29, 1.82) is 0 Å². The summed E-state index contributed by atoms with van der Waals surface area (Å²) in [5, 5.41) is 2.89. The molecule has 1 amide bonds. The van der Waals surface area contributed by atoms with Crippen molar-refractivity contribution in [2.24, 2.45) is 0 Å². The molecule has 0 aliphatic carbocycles. The molecule has 28 heavy (non-hydrogen) atoms. The number of sulfonamides is 1. The zero-order valence-corrected chi connectivity index (χ0v) is 16.1. The first-order valence-corrected chi connectivity index (χ1v) is 9.90. The Balaban J connectivity index is 1.97. The first kappa shape index (κ1) is 20.0. The molecule has 146 valence electrons. The maximum Gasteiger partial charge on any atom is 0.257 e. The van der Waals surface area contributed by atoms with Gasteiger partial charge < -0.3 is 10.3 Å². The van der Waals surface area contributed by atoms with Crippen LogP contribution in [-0.4, -0.2) is 26.4 Å². The van der Waals surface area contributed by atoms with Gasteiger partial charge in [0.05, 0.1) is 15.8 Å². The number of aromatic amines is 1. The van der Waals surface area contributed by atoms with E-state index < -0.39 is 32.1 Å². The van der Waals surface area contributed by atoms with Crippen LogP contribution in [-0.2, 0) is 16.6 Å². The summed E-state index contributed by atoms with van der Waals surface area (Å²) >= 11 is 5.80. The zero-order valence-electron chi connectivity index (χ0n) is 14.5. The molecule has 0 radical (unpaired) electrons. The third-order valence-electron chi connectivity index (χ3n) is 4.10. The van der Waals surface area contributed by atoms with Crippen molar-refractivity contribution < 1.29 is 17.6 Å². The molecule has 0 spiro atoms. The minimum atomic E-state index is -3.97. The molecule has 2 aromatic carbocycles. The number of rotatable bonds is 5. The van der Waals surface area contributed by atoms with Gasteiger partial charge in [-0.1, -0.05) is 23.7 Å². The Bertz CT molecular complexity index is 1220. The van der Waals surface area contributed by atoms with Crippen LogP contribution in [0.4, 0.5) is 4.39 Å². The third kappa shape index (κ3) is 3.91. The number of hydrogen-bond donors (Lipinski definition) is 3. The number of amides is 1. The highest BCUT2D eigenvalue weighted by atomic mass is 35.5. The molecule has 3 rings (SSSR count). The Morgan fingerprint density at radius 1 is 1.21 bits per heavy atom. The Morgan fingerprint density at radius 3 is 2.54 bits per heavy atom. The van der Waals surface area contributed by atoms with E-state index in [2.05, 4.69) is 15.0 Å². The predicted octanol–water partition coefficient (Wildman–Crippen LogP) is 2.16. The Labute approximate surface area is 164 Å². The van der Waals surface area contributed by atoms with Crippen LogP contribution in [0.25, 0.3) is 10.9 Å². The highest BCUT2D eigenvalue weighted by molar-refractivity contribution is 7.89. The number of benzene rings is 2. The molecule has 3 N–H and O–H groups in total. The van der Waals surface area contributed by atoms with Gasteiger partial charge in [-0.25, -0.2) is 17.5 Å². The number of hydrogen-bond acceptors (Lipinski definition) is 4. The summed E-state index contributed by atoms with van der Waals surface area (Å²) in [6.07, 6.45) is 1.09. The highest BCUT2D eigenvalue weighted by Gasteiger charge is 2.19. The van der Waals surface area contributed by atoms with Gasteiger partial charge in [-0.3, -0.25) is 9.59 Å². The fraction of sp³-hybridized carbons (Fsp3) is 0.111. The molecular weight excluding hydrogens is 409 g/mol. The quantitative estimate of drug-likeness (QED) is 0.584. The Hall–Kier alpha value is -2.75. The van der Waals surface area contributed by atoms with E-state index in [-0.39, 0.29) is 23.0 Å². The van der Waals surface area contributed by atoms with E-state index in [1.165, 1.54) is 7.05 Å². The lowest BCUT2D eigenvalue weighted by Crippen LogP contribution is -2.28. The van der Waals surface area contributed by atoms with Gasteiger partial charge in [0.25, 0.3) is 5.91 Å². The molecule has 0 saturated carbocycles. The molecule has 0 aliphatic rings. The van der Waals surface area contributed by atoms with Crippen molar-refractivity contribution in [2.45, 2.75) is 11.4 Å². The summed E-state index contributed by atoms with van der Waals surface area (Å²) in [7, 11) is -2.80. The average Bonchev–Trinajstić information content (AvgIpc) is 2.68. The molecule has 7 nitrogen and oxygen atoms in total. The maximum atomic E-state index is 14.3. The van der Waals surface area contributed by atoms with E-state index in [1.54, 1.807) is 24.3 Å². The number of carbonyl (C=O) groups excluding carboxylic acids is 1. The molecule has 0 saturated heterocycles. The fourth-order valence-corrected chi connectivity index (χ4v) is 3.48. The van der Waals surface area contributed by atoms with Crippen molar-refractivity contribution in [1.82, 2.24) is 15.0 Å². The van der Waals surface area contributed by atoms with Crippen molar-refractivity contribution in [3.63, 3.8) is 0 Å². The van der Waals surface area contributed by atoms with Gasteiger partial charge in [-0.05, 0) is 36.9 Å². The predicted molar refractivity (Wildman–Crippen MR) is 103 cm³/mol. The van der Waals surface area contributed by atoms with Gasteiger partial charge >= 0.3 is 0 Å².